The Hall–Kier alpha value is -1.55. The molecule has 2 aromatic rings. The van der Waals surface area contributed by atoms with Crippen LogP contribution in [0.2, 0.25) is 0 Å². The number of ether oxygens (including phenoxy) is 2. The highest BCUT2D eigenvalue weighted by molar-refractivity contribution is 14.0. The van der Waals surface area contributed by atoms with Crippen molar-refractivity contribution >= 4 is 41.3 Å². The molecule has 1 atom stereocenters. The van der Waals surface area contributed by atoms with Crippen LogP contribution in [0.25, 0.3) is 0 Å². The van der Waals surface area contributed by atoms with Gasteiger partial charge in [-0.1, -0.05) is 6.07 Å². The van der Waals surface area contributed by atoms with E-state index in [0.29, 0.717) is 19.8 Å². The maximum atomic E-state index is 5.74. The van der Waals surface area contributed by atoms with E-state index < -0.39 is 0 Å². The molecule has 1 unspecified atom stereocenters. The molecule has 6 nitrogen and oxygen atoms in total. The quantitative estimate of drug-likeness (QED) is 0.263. The minimum absolute atomic E-state index is 0. The van der Waals surface area contributed by atoms with E-state index in [0.717, 1.165) is 41.0 Å². The van der Waals surface area contributed by atoms with Crippen LogP contribution in [0.5, 0.6) is 11.5 Å². The molecule has 0 aliphatic rings. The molecule has 0 aliphatic heterocycles. The molecule has 162 valence electrons. The summed E-state index contributed by atoms with van der Waals surface area (Å²) >= 11 is 1.73. The SMILES string of the molecule is CCNC(=NCCc1ncc(C)s1)NC(C)c1ccc(OCC)c(OCC)c1.I. The van der Waals surface area contributed by atoms with E-state index in [-0.39, 0.29) is 30.0 Å². The molecule has 8 heteroatoms. The molecule has 0 spiro atoms. The topological polar surface area (TPSA) is 67.8 Å². The van der Waals surface area contributed by atoms with Crippen LogP contribution in [0, 0.1) is 6.92 Å². The summed E-state index contributed by atoms with van der Waals surface area (Å²) < 4.78 is 11.4. The smallest absolute Gasteiger partial charge is 0.191 e. The molecule has 1 heterocycles. The summed E-state index contributed by atoms with van der Waals surface area (Å²) in [6.45, 7) is 12.9. The Kier molecular flexibility index (Phi) is 12.0. The second-order valence-electron chi connectivity index (χ2n) is 6.31. The van der Waals surface area contributed by atoms with Gasteiger partial charge in [0, 0.05) is 30.6 Å². The number of nitrogens with zero attached hydrogens (tertiary/aromatic N) is 2. The predicted molar refractivity (Wildman–Crippen MR) is 132 cm³/mol. The van der Waals surface area contributed by atoms with Gasteiger partial charge in [0.15, 0.2) is 17.5 Å². The lowest BCUT2D eigenvalue weighted by Crippen LogP contribution is -2.38. The Labute approximate surface area is 195 Å². The van der Waals surface area contributed by atoms with Crippen molar-refractivity contribution in [3.05, 3.63) is 39.8 Å². The molecule has 2 rings (SSSR count). The first-order valence-corrected chi connectivity index (χ1v) is 10.7. The van der Waals surface area contributed by atoms with Crippen molar-refractivity contribution in [1.29, 1.82) is 0 Å². The van der Waals surface area contributed by atoms with E-state index in [9.17, 15) is 0 Å². The van der Waals surface area contributed by atoms with Gasteiger partial charge in [0.2, 0.25) is 0 Å². The summed E-state index contributed by atoms with van der Waals surface area (Å²) in [4.78, 5) is 10.3. The van der Waals surface area contributed by atoms with E-state index in [1.165, 1.54) is 4.88 Å². The zero-order valence-corrected chi connectivity index (χ0v) is 21.1. The van der Waals surface area contributed by atoms with Crippen molar-refractivity contribution in [2.45, 2.75) is 47.1 Å². The van der Waals surface area contributed by atoms with Gasteiger partial charge in [-0.2, -0.15) is 0 Å². The summed E-state index contributed by atoms with van der Waals surface area (Å²) in [5, 5.41) is 7.91. The fourth-order valence-electron chi connectivity index (χ4n) is 2.73. The monoisotopic (exact) mass is 532 g/mol. The van der Waals surface area contributed by atoms with Crippen LogP contribution in [-0.2, 0) is 6.42 Å². The third-order valence-electron chi connectivity index (χ3n) is 4.03. The Bertz CT molecular complexity index is 767. The molecular formula is C21H33IN4O2S. The van der Waals surface area contributed by atoms with Crippen LogP contribution in [0.3, 0.4) is 0 Å². The summed E-state index contributed by atoms with van der Waals surface area (Å²) in [6, 6.07) is 6.15. The van der Waals surface area contributed by atoms with Gasteiger partial charge in [-0.3, -0.25) is 4.99 Å². The number of aliphatic imine (C=N–C) groups is 1. The van der Waals surface area contributed by atoms with Crippen molar-refractivity contribution in [3.8, 4) is 11.5 Å². The van der Waals surface area contributed by atoms with Gasteiger partial charge in [0.05, 0.1) is 24.3 Å². The van der Waals surface area contributed by atoms with Gasteiger partial charge >= 0.3 is 0 Å². The molecule has 0 bridgehead atoms. The molecule has 0 amide bonds. The highest BCUT2D eigenvalue weighted by Crippen LogP contribution is 2.30. The van der Waals surface area contributed by atoms with E-state index >= 15 is 0 Å². The van der Waals surface area contributed by atoms with Crippen LogP contribution >= 0.6 is 35.3 Å². The summed E-state index contributed by atoms with van der Waals surface area (Å²) in [7, 11) is 0. The van der Waals surface area contributed by atoms with Crippen LogP contribution in [-0.4, -0.2) is 37.2 Å². The molecule has 0 saturated carbocycles. The third kappa shape index (κ3) is 8.38. The Morgan fingerprint density at radius 2 is 1.90 bits per heavy atom. The van der Waals surface area contributed by atoms with E-state index in [4.69, 9.17) is 14.5 Å². The van der Waals surface area contributed by atoms with E-state index in [2.05, 4.69) is 42.5 Å². The summed E-state index contributed by atoms with van der Waals surface area (Å²) in [5.41, 5.74) is 1.12. The average molecular weight is 532 g/mol. The van der Waals surface area contributed by atoms with Crippen molar-refractivity contribution in [1.82, 2.24) is 15.6 Å². The Morgan fingerprint density at radius 1 is 1.17 bits per heavy atom. The molecule has 0 fully saturated rings. The Balaban J connectivity index is 0.00000420. The normalized spacial score (nSPS) is 12.1. The van der Waals surface area contributed by atoms with Crippen molar-refractivity contribution in [2.75, 3.05) is 26.3 Å². The van der Waals surface area contributed by atoms with Gasteiger partial charge < -0.3 is 20.1 Å². The number of nitrogens with one attached hydrogen (secondary N) is 2. The summed E-state index contributed by atoms with van der Waals surface area (Å²) in [5.74, 6) is 2.35. The van der Waals surface area contributed by atoms with Gasteiger partial charge in [0.1, 0.15) is 0 Å². The fraction of sp³-hybridized carbons (Fsp3) is 0.524. The lowest BCUT2D eigenvalue weighted by Gasteiger charge is -2.20. The average Bonchev–Trinajstić information content (AvgIpc) is 3.08. The van der Waals surface area contributed by atoms with Crippen LogP contribution in [0.1, 0.15) is 49.2 Å². The first-order chi connectivity index (χ1) is 13.6. The van der Waals surface area contributed by atoms with Gasteiger partial charge in [0.25, 0.3) is 0 Å². The van der Waals surface area contributed by atoms with Crippen LogP contribution < -0.4 is 20.1 Å². The highest BCUT2D eigenvalue weighted by Gasteiger charge is 2.12. The second-order valence-corrected chi connectivity index (χ2v) is 7.63. The Morgan fingerprint density at radius 3 is 2.52 bits per heavy atom. The van der Waals surface area contributed by atoms with Gasteiger partial charge in [-0.25, -0.2) is 4.98 Å². The van der Waals surface area contributed by atoms with Gasteiger partial charge in [-0.05, 0) is 52.3 Å². The molecule has 2 N–H and O–H groups in total. The number of thiazole rings is 1. The number of rotatable bonds is 10. The lowest BCUT2D eigenvalue weighted by atomic mass is 10.1. The van der Waals surface area contributed by atoms with Crippen LogP contribution in [0.15, 0.2) is 29.4 Å². The van der Waals surface area contributed by atoms with E-state index in [1.807, 2.05) is 32.2 Å². The number of benzene rings is 1. The molecule has 0 saturated heterocycles. The number of guanidine groups is 1. The van der Waals surface area contributed by atoms with Crippen molar-refractivity contribution < 1.29 is 9.47 Å². The number of hydrogen-bond donors (Lipinski definition) is 2. The molecule has 1 aromatic carbocycles. The summed E-state index contributed by atoms with van der Waals surface area (Å²) in [6.07, 6.45) is 2.76. The fourth-order valence-corrected chi connectivity index (χ4v) is 3.50. The highest BCUT2D eigenvalue weighted by atomic mass is 127. The number of aryl methyl sites for hydroxylation is 1. The molecule has 0 aliphatic carbocycles. The largest absolute Gasteiger partial charge is 0.490 e. The van der Waals surface area contributed by atoms with Gasteiger partial charge in [-0.15, -0.1) is 35.3 Å². The zero-order chi connectivity index (χ0) is 20.4. The number of hydrogen-bond acceptors (Lipinski definition) is 5. The zero-order valence-electron chi connectivity index (χ0n) is 17.9. The lowest BCUT2D eigenvalue weighted by molar-refractivity contribution is 0.287. The third-order valence-corrected chi connectivity index (χ3v) is 5.00. The maximum absolute atomic E-state index is 5.74. The van der Waals surface area contributed by atoms with Crippen molar-refractivity contribution in [3.63, 3.8) is 0 Å². The van der Waals surface area contributed by atoms with Crippen molar-refractivity contribution in [2.24, 2.45) is 4.99 Å². The minimum atomic E-state index is 0. The van der Waals surface area contributed by atoms with Crippen LogP contribution in [0.4, 0.5) is 0 Å². The molecular weight excluding hydrogens is 499 g/mol. The molecule has 0 radical (unpaired) electrons. The van der Waals surface area contributed by atoms with E-state index in [1.54, 1.807) is 11.3 Å². The number of aromatic nitrogens is 1. The standard InChI is InChI=1S/C21H32N4O2S.HI/c1-6-22-21(23-12-11-20-24-14-15(4)28-20)25-16(5)17-9-10-18(26-7-2)19(13-17)27-8-3;/h9-10,13-14,16H,6-8,11-12H2,1-5H3,(H2,22,23,25);1H. The maximum Gasteiger partial charge on any atom is 0.191 e. The second kappa shape index (κ2) is 13.6. The molecule has 1 aromatic heterocycles. The molecule has 29 heavy (non-hydrogen) atoms. The predicted octanol–water partition coefficient (Wildman–Crippen LogP) is 4.73. The first kappa shape index (κ1) is 25.5. The number of halogens is 1. The first-order valence-electron chi connectivity index (χ1n) is 9.93. The minimum Gasteiger partial charge on any atom is -0.490 e.